The summed E-state index contributed by atoms with van der Waals surface area (Å²) in [5, 5.41) is 26.5. The molecule has 106 valence electrons. The molecule has 3 rings (SSSR count). The van der Waals surface area contributed by atoms with Gasteiger partial charge in [-0.15, -0.1) is 10.2 Å². The molecule has 2 heterocycles. The summed E-state index contributed by atoms with van der Waals surface area (Å²) < 4.78 is 7.01. The lowest BCUT2D eigenvalue weighted by Crippen LogP contribution is -2.04. The highest BCUT2D eigenvalue weighted by atomic mass is 16.5. The van der Waals surface area contributed by atoms with Gasteiger partial charge in [0.1, 0.15) is 6.61 Å². The Morgan fingerprint density at radius 1 is 1.19 bits per heavy atom. The average Bonchev–Trinajstić information content (AvgIpc) is 2.88. The summed E-state index contributed by atoms with van der Waals surface area (Å²) in [6, 6.07) is 9.59. The van der Waals surface area contributed by atoms with Gasteiger partial charge in [-0.1, -0.05) is 12.1 Å². The van der Waals surface area contributed by atoms with Crippen LogP contribution in [0.15, 0.2) is 42.6 Å². The quantitative estimate of drug-likeness (QED) is 0.757. The number of hydrogen-bond acceptors (Lipinski definition) is 5. The lowest BCUT2D eigenvalue weighted by atomic mass is 10.3. The van der Waals surface area contributed by atoms with Gasteiger partial charge in [0.25, 0.3) is 0 Å². The van der Waals surface area contributed by atoms with Crippen molar-refractivity contribution in [2.45, 2.75) is 6.61 Å². The summed E-state index contributed by atoms with van der Waals surface area (Å²) in [7, 11) is 0. The van der Waals surface area contributed by atoms with E-state index < -0.39 is 5.97 Å². The SMILES string of the molecule is O=C(O)c1ccc2nnc(COc3ccccc3O)n2c1. The minimum Gasteiger partial charge on any atom is -0.504 e. The van der Waals surface area contributed by atoms with E-state index in [0.29, 0.717) is 17.2 Å². The molecule has 0 saturated carbocycles. The molecule has 0 bridgehead atoms. The number of rotatable bonds is 4. The Morgan fingerprint density at radius 3 is 2.76 bits per heavy atom. The summed E-state index contributed by atoms with van der Waals surface area (Å²) in [4.78, 5) is 11.0. The number of hydrogen-bond donors (Lipinski definition) is 2. The van der Waals surface area contributed by atoms with Crippen LogP contribution in [0.2, 0.25) is 0 Å². The van der Waals surface area contributed by atoms with Crippen molar-refractivity contribution in [1.29, 1.82) is 0 Å². The largest absolute Gasteiger partial charge is 0.504 e. The van der Waals surface area contributed by atoms with Crippen molar-refractivity contribution < 1.29 is 19.7 Å². The fourth-order valence-electron chi connectivity index (χ4n) is 1.88. The first-order valence-corrected chi connectivity index (χ1v) is 6.13. The molecule has 0 aliphatic heterocycles. The highest BCUT2D eigenvalue weighted by molar-refractivity contribution is 5.87. The zero-order valence-corrected chi connectivity index (χ0v) is 10.8. The summed E-state index contributed by atoms with van der Waals surface area (Å²) in [5.41, 5.74) is 0.655. The number of para-hydroxylation sites is 2. The van der Waals surface area contributed by atoms with Gasteiger partial charge in [0.2, 0.25) is 0 Å². The van der Waals surface area contributed by atoms with E-state index in [-0.39, 0.29) is 17.9 Å². The van der Waals surface area contributed by atoms with Gasteiger partial charge in [0.05, 0.1) is 5.56 Å². The van der Waals surface area contributed by atoms with Gasteiger partial charge in [0, 0.05) is 6.20 Å². The van der Waals surface area contributed by atoms with Crippen LogP contribution >= 0.6 is 0 Å². The van der Waals surface area contributed by atoms with Crippen molar-refractivity contribution in [3.05, 3.63) is 54.0 Å². The topological polar surface area (TPSA) is 97.0 Å². The molecule has 0 spiro atoms. The van der Waals surface area contributed by atoms with E-state index in [0.717, 1.165) is 0 Å². The summed E-state index contributed by atoms with van der Waals surface area (Å²) in [6.45, 7) is 0.0574. The Labute approximate surface area is 119 Å². The normalized spacial score (nSPS) is 10.7. The van der Waals surface area contributed by atoms with Crippen LogP contribution < -0.4 is 4.74 Å². The molecule has 0 aliphatic carbocycles. The van der Waals surface area contributed by atoms with Gasteiger partial charge >= 0.3 is 5.97 Å². The van der Waals surface area contributed by atoms with Crippen LogP contribution in [0.25, 0.3) is 5.65 Å². The van der Waals surface area contributed by atoms with E-state index in [2.05, 4.69) is 10.2 Å². The average molecular weight is 285 g/mol. The molecule has 0 saturated heterocycles. The number of aromatic hydroxyl groups is 1. The molecule has 0 atom stereocenters. The van der Waals surface area contributed by atoms with E-state index in [9.17, 15) is 9.90 Å². The zero-order valence-electron chi connectivity index (χ0n) is 10.8. The Hall–Kier alpha value is -3.09. The van der Waals surface area contributed by atoms with E-state index >= 15 is 0 Å². The minimum atomic E-state index is -1.03. The monoisotopic (exact) mass is 285 g/mol. The fourth-order valence-corrected chi connectivity index (χ4v) is 1.88. The second kappa shape index (κ2) is 5.12. The first-order chi connectivity index (χ1) is 10.1. The number of aromatic carboxylic acids is 1. The van der Waals surface area contributed by atoms with Gasteiger partial charge < -0.3 is 14.9 Å². The second-order valence-electron chi connectivity index (χ2n) is 4.32. The number of carboxylic acids is 1. The van der Waals surface area contributed by atoms with E-state index in [1.165, 1.54) is 18.3 Å². The Morgan fingerprint density at radius 2 is 2.00 bits per heavy atom. The minimum absolute atomic E-state index is 0.0255. The maximum Gasteiger partial charge on any atom is 0.337 e. The van der Waals surface area contributed by atoms with E-state index in [4.69, 9.17) is 9.84 Å². The number of phenolic OH excluding ortho intramolecular Hbond substituents is 1. The lowest BCUT2D eigenvalue weighted by Gasteiger charge is -2.06. The third kappa shape index (κ3) is 2.48. The molecule has 7 nitrogen and oxygen atoms in total. The molecule has 2 aromatic heterocycles. The molecule has 0 amide bonds. The Kier molecular flexibility index (Phi) is 3.15. The summed E-state index contributed by atoms with van der Waals surface area (Å²) in [6.07, 6.45) is 1.43. The number of fused-ring (bicyclic) bond motifs is 1. The van der Waals surface area contributed by atoms with Gasteiger partial charge in [0.15, 0.2) is 23.0 Å². The number of pyridine rings is 1. The number of carbonyl (C=O) groups is 1. The van der Waals surface area contributed by atoms with Gasteiger partial charge in [-0.3, -0.25) is 4.40 Å². The Bertz CT molecular complexity index is 813. The molecule has 0 fully saturated rings. The molecule has 0 unspecified atom stereocenters. The van der Waals surface area contributed by atoms with Crippen LogP contribution in [0.3, 0.4) is 0 Å². The molecule has 1 aromatic carbocycles. The lowest BCUT2D eigenvalue weighted by molar-refractivity contribution is 0.0696. The third-order valence-electron chi connectivity index (χ3n) is 2.94. The first kappa shape index (κ1) is 12.9. The fraction of sp³-hybridized carbons (Fsp3) is 0.0714. The molecule has 21 heavy (non-hydrogen) atoms. The molecule has 0 aliphatic rings. The Balaban J connectivity index is 1.89. The second-order valence-corrected chi connectivity index (χ2v) is 4.32. The van der Waals surface area contributed by atoms with E-state index in [1.807, 2.05) is 0 Å². The predicted octanol–water partition coefficient (Wildman–Crippen LogP) is 1.71. The van der Waals surface area contributed by atoms with Crippen LogP contribution in [0.5, 0.6) is 11.5 Å². The van der Waals surface area contributed by atoms with Crippen LogP contribution in [-0.4, -0.2) is 30.8 Å². The summed E-state index contributed by atoms with van der Waals surface area (Å²) >= 11 is 0. The molecule has 0 radical (unpaired) electrons. The zero-order chi connectivity index (χ0) is 14.8. The highest BCUT2D eigenvalue weighted by Gasteiger charge is 2.10. The maximum atomic E-state index is 11.0. The van der Waals surface area contributed by atoms with Gasteiger partial charge in [-0.2, -0.15) is 0 Å². The van der Waals surface area contributed by atoms with Crippen LogP contribution in [0, 0.1) is 0 Å². The maximum absolute atomic E-state index is 11.0. The van der Waals surface area contributed by atoms with Crippen molar-refractivity contribution in [3.8, 4) is 11.5 Å². The molecule has 3 aromatic rings. The standard InChI is InChI=1S/C14H11N3O4/c18-10-3-1-2-4-11(10)21-8-13-16-15-12-6-5-9(14(19)20)7-17(12)13/h1-7,18H,8H2,(H,19,20). The molecule has 7 heteroatoms. The highest BCUT2D eigenvalue weighted by Crippen LogP contribution is 2.25. The van der Waals surface area contributed by atoms with Gasteiger partial charge in [-0.25, -0.2) is 4.79 Å². The van der Waals surface area contributed by atoms with Crippen LogP contribution in [0.1, 0.15) is 16.2 Å². The molecular weight excluding hydrogens is 274 g/mol. The molecular formula is C14H11N3O4. The van der Waals surface area contributed by atoms with Crippen molar-refractivity contribution >= 4 is 11.6 Å². The predicted molar refractivity (Wildman–Crippen MR) is 72.4 cm³/mol. The van der Waals surface area contributed by atoms with E-state index in [1.54, 1.807) is 28.7 Å². The smallest absolute Gasteiger partial charge is 0.337 e. The van der Waals surface area contributed by atoms with Crippen molar-refractivity contribution in [2.75, 3.05) is 0 Å². The summed E-state index contributed by atoms with van der Waals surface area (Å²) in [5.74, 6) is -0.240. The van der Waals surface area contributed by atoms with Crippen LogP contribution in [0.4, 0.5) is 0 Å². The number of carboxylic acid groups (broad SMARTS) is 1. The number of phenols is 1. The number of nitrogens with zero attached hydrogens (tertiary/aromatic N) is 3. The van der Waals surface area contributed by atoms with Crippen molar-refractivity contribution in [3.63, 3.8) is 0 Å². The van der Waals surface area contributed by atoms with Crippen LogP contribution in [-0.2, 0) is 6.61 Å². The van der Waals surface area contributed by atoms with Gasteiger partial charge in [-0.05, 0) is 24.3 Å². The number of benzene rings is 1. The number of ether oxygens (including phenoxy) is 1. The van der Waals surface area contributed by atoms with Crippen molar-refractivity contribution in [1.82, 2.24) is 14.6 Å². The first-order valence-electron chi connectivity index (χ1n) is 6.13. The molecule has 2 N–H and O–H groups in total. The van der Waals surface area contributed by atoms with Crippen molar-refractivity contribution in [2.24, 2.45) is 0 Å². The third-order valence-corrected chi connectivity index (χ3v) is 2.94. The number of aromatic nitrogens is 3.